The molecule has 0 saturated heterocycles. The van der Waals surface area contributed by atoms with E-state index in [1.807, 2.05) is 37.3 Å². The van der Waals surface area contributed by atoms with Crippen molar-refractivity contribution in [2.45, 2.75) is 16.7 Å². The molecular formula is C19H17NO2S2. The fourth-order valence-electron chi connectivity index (χ4n) is 1.89. The van der Waals surface area contributed by atoms with Gasteiger partial charge in [-0.05, 0) is 48.2 Å². The Kier molecular flexibility index (Phi) is 6.52. The first-order chi connectivity index (χ1) is 11.5. The number of hydrogen-bond donors (Lipinski definition) is 0. The first-order valence-electron chi connectivity index (χ1n) is 7.24. The molecule has 122 valence electrons. The van der Waals surface area contributed by atoms with Gasteiger partial charge in [0.2, 0.25) is 10.0 Å². The lowest BCUT2D eigenvalue weighted by Crippen LogP contribution is -2.31. The molecule has 0 aromatic heterocycles. The first kappa shape index (κ1) is 18.2. The topological polar surface area (TPSA) is 37.4 Å². The quantitative estimate of drug-likeness (QED) is 0.610. The molecule has 2 aromatic carbocycles. The van der Waals surface area contributed by atoms with Crippen LogP contribution in [0.5, 0.6) is 0 Å². The van der Waals surface area contributed by atoms with Gasteiger partial charge in [-0.2, -0.15) is 4.31 Å². The third-order valence-corrected chi connectivity index (χ3v) is 5.73. The molecule has 3 nitrogen and oxygen atoms in total. The Morgan fingerprint density at radius 3 is 2.33 bits per heavy atom. The van der Waals surface area contributed by atoms with Crippen molar-refractivity contribution < 1.29 is 8.42 Å². The van der Waals surface area contributed by atoms with Crippen LogP contribution in [-0.4, -0.2) is 25.8 Å². The molecule has 0 radical (unpaired) electrons. The monoisotopic (exact) mass is 355 g/mol. The van der Waals surface area contributed by atoms with E-state index in [0.29, 0.717) is 0 Å². The maximum atomic E-state index is 12.7. The van der Waals surface area contributed by atoms with E-state index in [4.69, 9.17) is 6.42 Å². The van der Waals surface area contributed by atoms with Crippen molar-refractivity contribution in [1.29, 1.82) is 0 Å². The van der Waals surface area contributed by atoms with Crippen LogP contribution >= 0.6 is 11.8 Å². The molecule has 0 aliphatic heterocycles. The van der Waals surface area contributed by atoms with Gasteiger partial charge in [0.25, 0.3) is 0 Å². The zero-order chi connectivity index (χ0) is 17.4. The highest BCUT2D eigenvalue weighted by atomic mass is 32.2. The summed E-state index contributed by atoms with van der Waals surface area (Å²) >= 11 is 1.35. The molecular weight excluding hydrogens is 338 g/mol. The minimum atomic E-state index is -3.65. The normalized spacial score (nSPS) is 10.7. The molecule has 0 spiro atoms. The van der Waals surface area contributed by atoms with E-state index in [0.717, 1.165) is 10.5 Å². The predicted molar refractivity (Wildman–Crippen MR) is 98.8 cm³/mol. The van der Waals surface area contributed by atoms with E-state index in [-0.39, 0.29) is 18.0 Å². The van der Waals surface area contributed by atoms with Crippen LogP contribution in [0.15, 0.2) is 64.4 Å². The molecule has 0 heterocycles. The zero-order valence-electron chi connectivity index (χ0n) is 13.3. The Hall–Kier alpha value is -2.18. The molecule has 0 unspecified atom stereocenters. The van der Waals surface area contributed by atoms with Crippen molar-refractivity contribution in [3.63, 3.8) is 0 Å². The van der Waals surface area contributed by atoms with Crippen molar-refractivity contribution in [2.24, 2.45) is 0 Å². The number of aryl methyl sites for hydroxylation is 1. The summed E-state index contributed by atoms with van der Waals surface area (Å²) in [6.07, 6.45) is 5.31. The highest BCUT2D eigenvalue weighted by Gasteiger charge is 2.22. The molecule has 0 N–H and O–H groups in total. The fraction of sp³-hybridized carbons (Fsp3) is 0.158. The number of nitrogens with zero attached hydrogens (tertiary/aromatic N) is 1. The summed E-state index contributed by atoms with van der Waals surface area (Å²) in [5.41, 5.74) is 0.997. The molecule has 5 heteroatoms. The van der Waals surface area contributed by atoms with Gasteiger partial charge in [0.15, 0.2) is 0 Å². The fourth-order valence-corrected chi connectivity index (χ4v) is 3.70. The van der Waals surface area contributed by atoms with Crippen LogP contribution in [0.25, 0.3) is 0 Å². The van der Waals surface area contributed by atoms with E-state index in [1.165, 1.54) is 16.1 Å². The lowest BCUT2D eigenvalue weighted by molar-refractivity contribution is 0.482. The minimum absolute atomic E-state index is 0.0130. The summed E-state index contributed by atoms with van der Waals surface area (Å²) in [6.45, 7) is 1.95. The van der Waals surface area contributed by atoms with Gasteiger partial charge in [-0.3, -0.25) is 0 Å². The van der Waals surface area contributed by atoms with Crippen molar-refractivity contribution in [1.82, 2.24) is 4.31 Å². The van der Waals surface area contributed by atoms with Crippen LogP contribution in [0.2, 0.25) is 0 Å². The lowest BCUT2D eigenvalue weighted by Gasteiger charge is -2.17. The third kappa shape index (κ3) is 4.91. The highest BCUT2D eigenvalue weighted by molar-refractivity contribution is 8.04. The SMILES string of the molecule is C#CCN(CC#CSc1ccccc1)S(=O)(=O)c1ccc(C)cc1. The van der Waals surface area contributed by atoms with E-state index < -0.39 is 10.0 Å². The lowest BCUT2D eigenvalue weighted by atomic mass is 10.2. The minimum Gasteiger partial charge on any atom is -0.207 e. The molecule has 0 amide bonds. The van der Waals surface area contributed by atoms with E-state index >= 15 is 0 Å². The smallest absolute Gasteiger partial charge is 0.207 e. The van der Waals surface area contributed by atoms with Crippen molar-refractivity contribution in [2.75, 3.05) is 13.1 Å². The molecule has 0 saturated carbocycles. The van der Waals surface area contributed by atoms with E-state index in [2.05, 4.69) is 17.1 Å². The molecule has 2 rings (SSSR count). The molecule has 0 atom stereocenters. The summed E-state index contributed by atoms with van der Waals surface area (Å²) < 4.78 is 26.5. The van der Waals surface area contributed by atoms with Gasteiger partial charge in [0, 0.05) is 4.90 Å². The third-order valence-electron chi connectivity index (χ3n) is 3.17. The Balaban J connectivity index is 2.12. The number of sulfonamides is 1. The number of terminal acetylenes is 1. The number of benzene rings is 2. The molecule has 24 heavy (non-hydrogen) atoms. The zero-order valence-corrected chi connectivity index (χ0v) is 14.9. The van der Waals surface area contributed by atoms with Crippen LogP contribution in [0.1, 0.15) is 5.56 Å². The predicted octanol–water partition coefficient (Wildman–Crippen LogP) is 3.37. The van der Waals surface area contributed by atoms with Gasteiger partial charge in [0.1, 0.15) is 0 Å². The van der Waals surface area contributed by atoms with Gasteiger partial charge in [-0.15, -0.1) is 6.42 Å². The Morgan fingerprint density at radius 2 is 1.71 bits per heavy atom. The standard InChI is InChI=1S/C19H17NO2S2/c1-3-14-20(15-7-16-23-18-8-5-4-6-9-18)24(21,22)19-12-10-17(2)11-13-19/h1,4-6,8-13H,14-15H2,2H3. The summed E-state index contributed by atoms with van der Waals surface area (Å²) in [5.74, 6) is 5.26. The number of hydrogen-bond acceptors (Lipinski definition) is 3. The van der Waals surface area contributed by atoms with Crippen LogP contribution in [0.3, 0.4) is 0 Å². The van der Waals surface area contributed by atoms with E-state index in [1.54, 1.807) is 24.3 Å². The Morgan fingerprint density at radius 1 is 1.04 bits per heavy atom. The Bertz CT molecular complexity index is 871. The van der Waals surface area contributed by atoms with Gasteiger partial charge in [-0.25, -0.2) is 8.42 Å². The van der Waals surface area contributed by atoms with Gasteiger partial charge >= 0.3 is 0 Å². The summed E-state index contributed by atoms with van der Waals surface area (Å²) in [6, 6.07) is 16.4. The molecule has 0 aliphatic carbocycles. The maximum absolute atomic E-state index is 12.7. The average molecular weight is 355 g/mol. The molecule has 2 aromatic rings. The van der Waals surface area contributed by atoms with Crippen molar-refractivity contribution in [3.8, 4) is 23.5 Å². The van der Waals surface area contributed by atoms with E-state index in [9.17, 15) is 8.42 Å². The number of thioether (sulfide) groups is 1. The Labute approximate surface area is 148 Å². The van der Waals surface area contributed by atoms with Crippen molar-refractivity contribution in [3.05, 3.63) is 60.2 Å². The van der Waals surface area contributed by atoms with Crippen LogP contribution < -0.4 is 0 Å². The summed E-state index contributed by atoms with van der Waals surface area (Å²) in [5, 5.41) is 2.92. The second-order valence-electron chi connectivity index (χ2n) is 4.98. The molecule has 0 aliphatic rings. The highest BCUT2D eigenvalue weighted by Crippen LogP contribution is 2.17. The van der Waals surface area contributed by atoms with Gasteiger partial charge in [0.05, 0.1) is 18.0 Å². The van der Waals surface area contributed by atoms with Gasteiger partial charge in [-0.1, -0.05) is 47.7 Å². The molecule has 0 bridgehead atoms. The maximum Gasteiger partial charge on any atom is 0.244 e. The van der Waals surface area contributed by atoms with Crippen LogP contribution in [0, 0.1) is 30.4 Å². The number of rotatable bonds is 5. The second-order valence-corrected chi connectivity index (χ2v) is 7.80. The van der Waals surface area contributed by atoms with Crippen molar-refractivity contribution >= 4 is 21.8 Å². The largest absolute Gasteiger partial charge is 0.244 e. The van der Waals surface area contributed by atoms with Gasteiger partial charge < -0.3 is 0 Å². The summed E-state index contributed by atoms with van der Waals surface area (Å²) in [4.78, 5) is 1.23. The van der Waals surface area contributed by atoms with Crippen LogP contribution in [-0.2, 0) is 10.0 Å². The second kappa shape index (κ2) is 8.61. The van der Waals surface area contributed by atoms with Crippen LogP contribution in [0.4, 0.5) is 0 Å². The summed E-state index contributed by atoms with van der Waals surface area (Å²) in [7, 11) is -3.65. The first-order valence-corrected chi connectivity index (χ1v) is 9.50. The molecule has 0 fully saturated rings. The average Bonchev–Trinajstić information content (AvgIpc) is 2.59.